The molecule has 32 heavy (non-hydrogen) atoms. The predicted molar refractivity (Wildman–Crippen MR) is 124 cm³/mol. The van der Waals surface area contributed by atoms with E-state index in [-0.39, 0.29) is 37.1 Å². The van der Waals surface area contributed by atoms with Crippen molar-refractivity contribution in [3.8, 4) is 5.75 Å². The van der Waals surface area contributed by atoms with Gasteiger partial charge in [-0.1, -0.05) is 17.8 Å². The molecule has 8 nitrogen and oxygen atoms in total. The zero-order valence-electron chi connectivity index (χ0n) is 17.5. The Morgan fingerprint density at radius 1 is 1.22 bits per heavy atom. The number of nitrogens with one attached hydrogen (secondary N) is 1. The molecule has 9 heteroatoms. The van der Waals surface area contributed by atoms with E-state index >= 15 is 0 Å². The minimum absolute atomic E-state index is 0.0363. The number of anilines is 1. The quantitative estimate of drug-likeness (QED) is 0.466. The highest BCUT2D eigenvalue weighted by molar-refractivity contribution is 8.15. The Kier molecular flexibility index (Phi) is 7.67. The Labute approximate surface area is 190 Å². The highest BCUT2D eigenvalue weighted by atomic mass is 32.2. The summed E-state index contributed by atoms with van der Waals surface area (Å²) in [6, 6.07) is 12.6. The van der Waals surface area contributed by atoms with Crippen molar-refractivity contribution in [1.82, 2.24) is 4.90 Å². The lowest BCUT2D eigenvalue weighted by atomic mass is 10.2. The van der Waals surface area contributed by atoms with Gasteiger partial charge in [0.15, 0.2) is 5.17 Å². The lowest BCUT2D eigenvalue weighted by molar-refractivity contribution is -0.127. The van der Waals surface area contributed by atoms with Crippen molar-refractivity contribution >= 4 is 46.1 Å². The van der Waals surface area contributed by atoms with Crippen LogP contribution in [0.1, 0.15) is 23.7 Å². The molecule has 0 saturated carbocycles. The van der Waals surface area contributed by atoms with Gasteiger partial charge in [-0.15, -0.1) is 6.58 Å². The molecule has 0 aromatic heterocycles. The van der Waals surface area contributed by atoms with Gasteiger partial charge in [0.2, 0.25) is 11.8 Å². The van der Waals surface area contributed by atoms with Gasteiger partial charge in [-0.25, -0.2) is 9.79 Å². The molecule has 1 aliphatic heterocycles. The first kappa shape index (κ1) is 23.1. The van der Waals surface area contributed by atoms with Crippen molar-refractivity contribution in [2.24, 2.45) is 4.99 Å². The lowest BCUT2D eigenvalue weighted by Gasteiger charge is -2.13. The number of esters is 1. The van der Waals surface area contributed by atoms with Crippen molar-refractivity contribution < 1.29 is 24.2 Å². The second-order valence-electron chi connectivity index (χ2n) is 6.80. The predicted octanol–water partition coefficient (Wildman–Crippen LogP) is 3.72. The van der Waals surface area contributed by atoms with Crippen molar-refractivity contribution in [2.75, 3.05) is 18.5 Å². The zero-order valence-corrected chi connectivity index (χ0v) is 18.3. The third-order valence-electron chi connectivity index (χ3n) is 4.46. The van der Waals surface area contributed by atoms with E-state index < -0.39 is 11.2 Å². The molecule has 166 valence electrons. The smallest absolute Gasteiger partial charge is 0.338 e. The summed E-state index contributed by atoms with van der Waals surface area (Å²) < 4.78 is 4.94. The first-order valence-corrected chi connectivity index (χ1v) is 10.8. The molecule has 3 rings (SSSR count). The topological polar surface area (TPSA) is 108 Å². The monoisotopic (exact) mass is 453 g/mol. The lowest BCUT2D eigenvalue weighted by Crippen LogP contribution is -2.33. The highest BCUT2D eigenvalue weighted by Crippen LogP contribution is 2.32. The van der Waals surface area contributed by atoms with Crippen LogP contribution in [0.3, 0.4) is 0 Å². The minimum atomic E-state index is -0.621. The molecular formula is C23H23N3O5S. The first-order chi connectivity index (χ1) is 15.4. The van der Waals surface area contributed by atoms with Crippen LogP contribution in [0.4, 0.5) is 11.4 Å². The average molecular weight is 454 g/mol. The molecule has 1 aliphatic rings. The molecule has 2 aromatic carbocycles. The summed E-state index contributed by atoms with van der Waals surface area (Å²) in [4.78, 5) is 43.0. The molecule has 0 unspecified atom stereocenters. The number of carbonyl (C=O) groups excluding carboxylic acids is 3. The maximum atomic E-state index is 12.8. The fourth-order valence-corrected chi connectivity index (χ4v) is 4.11. The van der Waals surface area contributed by atoms with Crippen LogP contribution in [0, 0.1) is 0 Å². The van der Waals surface area contributed by atoms with Gasteiger partial charge in [-0.2, -0.15) is 0 Å². The first-order valence-electron chi connectivity index (χ1n) is 9.95. The summed E-state index contributed by atoms with van der Waals surface area (Å²) in [6.45, 7) is 5.97. The summed E-state index contributed by atoms with van der Waals surface area (Å²) in [5.41, 5.74) is 1.49. The van der Waals surface area contributed by atoms with Crippen LogP contribution in [-0.2, 0) is 14.3 Å². The van der Waals surface area contributed by atoms with Crippen molar-refractivity contribution in [3.63, 3.8) is 0 Å². The van der Waals surface area contributed by atoms with E-state index in [1.54, 1.807) is 49.4 Å². The van der Waals surface area contributed by atoms with Crippen molar-refractivity contribution in [2.45, 2.75) is 18.6 Å². The van der Waals surface area contributed by atoms with Crippen LogP contribution in [0.25, 0.3) is 0 Å². The fraction of sp³-hybridized carbons (Fsp3) is 0.217. The Bertz CT molecular complexity index is 1030. The van der Waals surface area contributed by atoms with E-state index in [0.29, 0.717) is 22.1 Å². The number of ether oxygens (including phenoxy) is 1. The molecule has 1 fully saturated rings. The van der Waals surface area contributed by atoms with Gasteiger partial charge >= 0.3 is 5.97 Å². The van der Waals surface area contributed by atoms with Gasteiger partial charge in [0.05, 0.1) is 17.9 Å². The molecule has 2 amide bonds. The second kappa shape index (κ2) is 10.6. The SMILES string of the molecule is C=CCN1C(=O)[C@@H](CC(=O)Nc2ccc(C(=O)OCC)cc2)SC1=Nc1ccc(O)cc1. The van der Waals surface area contributed by atoms with Crippen molar-refractivity contribution in [3.05, 3.63) is 66.7 Å². The number of rotatable bonds is 8. The fourth-order valence-electron chi connectivity index (χ4n) is 2.94. The number of aromatic hydroxyl groups is 1. The number of benzene rings is 2. The number of hydrogen-bond acceptors (Lipinski definition) is 7. The van der Waals surface area contributed by atoms with E-state index in [0.717, 1.165) is 0 Å². The number of phenols is 1. The van der Waals surface area contributed by atoms with Crippen molar-refractivity contribution in [1.29, 1.82) is 0 Å². The molecule has 2 aromatic rings. The number of hydrogen-bond donors (Lipinski definition) is 2. The molecule has 1 heterocycles. The number of amidine groups is 1. The maximum absolute atomic E-state index is 12.8. The van der Waals surface area contributed by atoms with Gasteiger partial charge in [0.25, 0.3) is 0 Å². The van der Waals surface area contributed by atoms with E-state index in [9.17, 15) is 19.5 Å². The molecule has 0 radical (unpaired) electrons. The number of thioether (sulfide) groups is 1. The maximum Gasteiger partial charge on any atom is 0.338 e. The standard InChI is InChI=1S/C23H23N3O5S/c1-3-13-26-21(29)19(32-23(26)25-17-9-11-18(27)12-10-17)14-20(28)24-16-7-5-15(6-8-16)22(30)31-4-2/h3,5-12,19,27H,1,4,13-14H2,2H3,(H,24,28)/t19-/m1/s1. The third-order valence-corrected chi connectivity index (χ3v) is 5.63. The van der Waals surface area contributed by atoms with Gasteiger partial charge in [-0.05, 0) is 55.5 Å². The van der Waals surface area contributed by atoms with Crippen LogP contribution < -0.4 is 5.32 Å². The summed E-state index contributed by atoms with van der Waals surface area (Å²) in [7, 11) is 0. The zero-order chi connectivity index (χ0) is 23.1. The van der Waals surface area contributed by atoms with E-state index in [1.807, 2.05) is 0 Å². The van der Waals surface area contributed by atoms with Crippen LogP contribution in [0.2, 0.25) is 0 Å². The molecule has 0 aliphatic carbocycles. The molecule has 2 N–H and O–H groups in total. The van der Waals surface area contributed by atoms with E-state index in [2.05, 4.69) is 16.9 Å². The highest BCUT2D eigenvalue weighted by Gasteiger charge is 2.38. The third kappa shape index (κ3) is 5.76. The summed E-state index contributed by atoms with van der Waals surface area (Å²) in [5, 5.41) is 12.0. The van der Waals surface area contributed by atoms with Gasteiger partial charge in [0, 0.05) is 18.7 Å². The van der Waals surface area contributed by atoms with E-state index in [4.69, 9.17) is 4.74 Å². The number of amides is 2. The number of nitrogens with zero attached hydrogens (tertiary/aromatic N) is 2. The summed E-state index contributed by atoms with van der Waals surface area (Å²) in [6.07, 6.45) is 1.56. The Morgan fingerprint density at radius 3 is 2.53 bits per heavy atom. The van der Waals surface area contributed by atoms with Crippen LogP contribution in [0.15, 0.2) is 66.2 Å². The Balaban J connectivity index is 1.66. The molecular weight excluding hydrogens is 430 g/mol. The Hall–Kier alpha value is -3.59. The average Bonchev–Trinajstić information content (AvgIpc) is 3.05. The minimum Gasteiger partial charge on any atom is -0.508 e. The van der Waals surface area contributed by atoms with Crippen LogP contribution in [0.5, 0.6) is 5.75 Å². The van der Waals surface area contributed by atoms with Crippen LogP contribution >= 0.6 is 11.8 Å². The largest absolute Gasteiger partial charge is 0.508 e. The van der Waals surface area contributed by atoms with Gasteiger partial charge in [-0.3, -0.25) is 14.5 Å². The molecule has 0 bridgehead atoms. The van der Waals surface area contributed by atoms with Crippen LogP contribution in [-0.4, -0.2) is 51.4 Å². The number of carbonyl (C=O) groups is 3. The summed E-state index contributed by atoms with van der Waals surface area (Å²) >= 11 is 1.21. The molecule has 0 spiro atoms. The van der Waals surface area contributed by atoms with E-state index in [1.165, 1.54) is 28.8 Å². The van der Waals surface area contributed by atoms with Gasteiger partial charge in [0.1, 0.15) is 11.0 Å². The Morgan fingerprint density at radius 2 is 1.91 bits per heavy atom. The molecule has 1 saturated heterocycles. The normalized spacial score (nSPS) is 16.8. The summed E-state index contributed by atoms with van der Waals surface area (Å²) in [5.74, 6) is -0.859. The van der Waals surface area contributed by atoms with Gasteiger partial charge < -0.3 is 15.2 Å². The number of aliphatic imine (C=N–C) groups is 1. The number of phenolic OH excluding ortho intramolecular Hbond substituents is 1. The molecule has 1 atom stereocenters. The second-order valence-corrected chi connectivity index (χ2v) is 7.97.